The van der Waals surface area contributed by atoms with Crippen LogP contribution in [0.3, 0.4) is 0 Å². The van der Waals surface area contributed by atoms with E-state index in [-0.39, 0.29) is 23.4 Å². The van der Waals surface area contributed by atoms with Gasteiger partial charge in [-0.3, -0.25) is 9.59 Å². The normalized spacial score (nSPS) is 10.5. The maximum atomic E-state index is 12.3. The van der Waals surface area contributed by atoms with Crippen LogP contribution in [0.2, 0.25) is 5.02 Å². The molecule has 0 radical (unpaired) electrons. The Bertz CT molecular complexity index is 564. The molecule has 0 aromatic heterocycles. The number of hydrogen-bond donors (Lipinski definition) is 3. The van der Waals surface area contributed by atoms with Gasteiger partial charge in [0, 0.05) is 26.1 Å². The smallest absolute Gasteiger partial charge is 0.255 e. The predicted octanol–water partition coefficient (Wildman–Crippen LogP) is 0.729. The lowest BCUT2D eigenvalue weighted by Crippen LogP contribution is -2.32. The topological polar surface area (TPSA) is 96.7 Å². The minimum absolute atomic E-state index is 0.147. The van der Waals surface area contributed by atoms with E-state index < -0.39 is 0 Å². The first-order chi connectivity index (χ1) is 10.8. The van der Waals surface area contributed by atoms with Crippen LogP contribution in [0.5, 0.6) is 5.75 Å². The van der Waals surface area contributed by atoms with Gasteiger partial charge in [-0.1, -0.05) is 11.6 Å². The lowest BCUT2D eigenvalue weighted by Gasteiger charge is -2.15. The third kappa shape index (κ3) is 6.75. The van der Waals surface area contributed by atoms with E-state index in [4.69, 9.17) is 22.1 Å². The average Bonchev–Trinajstić information content (AvgIpc) is 2.46. The van der Waals surface area contributed by atoms with Crippen molar-refractivity contribution in [2.75, 3.05) is 46.1 Å². The van der Waals surface area contributed by atoms with Crippen molar-refractivity contribution in [1.29, 1.82) is 0 Å². The third-order valence-corrected chi connectivity index (χ3v) is 3.25. The maximum Gasteiger partial charge on any atom is 0.255 e. The standard InChI is InChI=1S/C15H23ClN4O3/c1-10(21)18-5-7-23-14-9-13(17)12(16)8-11(14)15(22)19-4-6-20(2)3/h8-9H,4-7,17H2,1-3H3,(H,18,21)(H,19,22). The van der Waals surface area contributed by atoms with Gasteiger partial charge in [0.2, 0.25) is 5.91 Å². The number of nitrogens with one attached hydrogen (secondary N) is 2. The Morgan fingerprint density at radius 1 is 1.26 bits per heavy atom. The number of carbonyl (C=O) groups is 2. The zero-order valence-corrected chi connectivity index (χ0v) is 14.4. The summed E-state index contributed by atoms with van der Waals surface area (Å²) in [5.41, 5.74) is 6.40. The lowest BCUT2D eigenvalue weighted by atomic mass is 10.1. The Hall–Kier alpha value is -1.99. The molecule has 0 saturated heterocycles. The van der Waals surface area contributed by atoms with Crippen molar-refractivity contribution >= 4 is 29.1 Å². The molecule has 0 aliphatic rings. The summed E-state index contributed by atoms with van der Waals surface area (Å²) < 4.78 is 5.55. The molecule has 7 nitrogen and oxygen atoms in total. The Kier molecular flexibility index (Phi) is 7.64. The van der Waals surface area contributed by atoms with Crippen molar-refractivity contribution in [1.82, 2.24) is 15.5 Å². The molecule has 0 aliphatic carbocycles. The number of likely N-dealkylation sites (N-methyl/N-ethyl adjacent to an activating group) is 1. The van der Waals surface area contributed by atoms with Gasteiger partial charge >= 0.3 is 0 Å². The first kappa shape index (κ1) is 19.1. The van der Waals surface area contributed by atoms with E-state index in [2.05, 4.69) is 10.6 Å². The fourth-order valence-electron chi connectivity index (χ4n) is 1.74. The van der Waals surface area contributed by atoms with Crippen LogP contribution in [-0.4, -0.2) is 57.1 Å². The van der Waals surface area contributed by atoms with Crippen LogP contribution in [0.25, 0.3) is 0 Å². The number of benzene rings is 1. The molecule has 0 unspecified atom stereocenters. The second kappa shape index (κ2) is 9.22. The number of anilines is 1. The summed E-state index contributed by atoms with van der Waals surface area (Å²) in [7, 11) is 3.84. The third-order valence-electron chi connectivity index (χ3n) is 2.92. The van der Waals surface area contributed by atoms with E-state index in [0.29, 0.717) is 36.6 Å². The zero-order valence-electron chi connectivity index (χ0n) is 13.6. The van der Waals surface area contributed by atoms with Crippen molar-refractivity contribution in [3.8, 4) is 5.75 Å². The van der Waals surface area contributed by atoms with E-state index in [9.17, 15) is 9.59 Å². The molecule has 0 fully saturated rings. The first-order valence-corrected chi connectivity index (χ1v) is 7.58. The zero-order chi connectivity index (χ0) is 17.4. The van der Waals surface area contributed by atoms with Gasteiger partial charge in [-0.2, -0.15) is 0 Å². The summed E-state index contributed by atoms with van der Waals surface area (Å²) >= 11 is 5.99. The molecule has 0 spiro atoms. The largest absolute Gasteiger partial charge is 0.491 e. The fourth-order valence-corrected chi connectivity index (χ4v) is 1.91. The highest BCUT2D eigenvalue weighted by molar-refractivity contribution is 6.33. The van der Waals surface area contributed by atoms with E-state index in [1.807, 2.05) is 19.0 Å². The minimum atomic E-state index is -0.289. The van der Waals surface area contributed by atoms with Crippen molar-refractivity contribution in [3.05, 3.63) is 22.7 Å². The Balaban J connectivity index is 2.76. The number of hydrogen-bond acceptors (Lipinski definition) is 5. The molecule has 0 heterocycles. The molecule has 2 amide bonds. The molecule has 1 aromatic carbocycles. The van der Waals surface area contributed by atoms with Gasteiger partial charge in [-0.15, -0.1) is 0 Å². The summed E-state index contributed by atoms with van der Waals surface area (Å²) in [6.45, 7) is 3.19. The molecule has 8 heteroatoms. The Morgan fingerprint density at radius 3 is 2.57 bits per heavy atom. The number of nitrogens with zero attached hydrogens (tertiary/aromatic N) is 1. The quantitative estimate of drug-likeness (QED) is 0.478. The van der Waals surface area contributed by atoms with Gasteiger partial charge in [0.25, 0.3) is 5.91 Å². The van der Waals surface area contributed by atoms with Gasteiger partial charge in [0.05, 0.1) is 22.8 Å². The molecule has 1 rings (SSSR count). The number of nitrogen functional groups attached to an aromatic ring is 1. The van der Waals surface area contributed by atoms with Crippen molar-refractivity contribution in [2.24, 2.45) is 0 Å². The second-order valence-electron chi connectivity index (χ2n) is 5.26. The number of rotatable bonds is 8. The molecular weight excluding hydrogens is 320 g/mol. The fraction of sp³-hybridized carbons (Fsp3) is 0.467. The van der Waals surface area contributed by atoms with E-state index >= 15 is 0 Å². The molecule has 1 aromatic rings. The number of amides is 2. The Morgan fingerprint density at radius 2 is 1.96 bits per heavy atom. The highest BCUT2D eigenvalue weighted by Gasteiger charge is 2.15. The summed E-state index contributed by atoms with van der Waals surface area (Å²) in [5, 5.41) is 5.69. The highest BCUT2D eigenvalue weighted by atomic mass is 35.5. The number of carbonyl (C=O) groups excluding carboxylic acids is 2. The SMILES string of the molecule is CC(=O)NCCOc1cc(N)c(Cl)cc1C(=O)NCCN(C)C. The average molecular weight is 343 g/mol. The van der Waals surface area contributed by atoms with E-state index in [0.717, 1.165) is 0 Å². The summed E-state index contributed by atoms with van der Waals surface area (Å²) in [5.74, 6) is -0.103. The monoisotopic (exact) mass is 342 g/mol. The summed E-state index contributed by atoms with van der Waals surface area (Å²) in [6, 6.07) is 2.99. The molecule has 0 bridgehead atoms. The van der Waals surface area contributed by atoms with Crippen molar-refractivity contribution in [2.45, 2.75) is 6.92 Å². The molecule has 23 heavy (non-hydrogen) atoms. The maximum absolute atomic E-state index is 12.3. The molecule has 128 valence electrons. The second-order valence-corrected chi connectivity index (χ2v) is 5.67. The van der Waals surface area contributed by atoms with Gasteiger partial charge in [0.15, 0.2) is 0 Å². The van der Waals surface area contributed by atoms with E-state index in [1.165, 1.54) is 19.1 Å². The van der Waals surface area contributed by atoms with Crippen LogP contribution in [-0.2, 0) is 4.79 Å². The van der Waals surface area contributed by atoms with E-state index in [1.54, 1.807) is 0 Å². The van der Waals surface area contributed by atoms with Gasteiger partial charge in [-0.05, 0) is 20.2 Å². The van der Waals surface area contributed by atoms with Crippen LogP contribution < -0.4 is 21.1 Å². The summed E-state index contributed by atoms with van der Waals surface area (Å²) in [6.07, 6.45) is 0. The Labute approximate surface area is 141 Å². The number of nitrogens with two attached hydrogens (primary N) is 1. The molecular formula is C15H23ClN4O3. The van der Waals surface area contributed by atoms with Crippen LogP contribution in [0.1, 0.15) is 17.3 Å². The molecule has 4 N–H and O–H groups in total. The van der Waals surface area contributed by atoms with Crippen LogP contribution in [0.15, 0.2) is 12.1 Å². The number of ether oxygens (including phenoxy) is 1. The van der Waals surface area contributed by atoms with Crippen molar-refractivity contribution < 1.29 is 14.3 Å². The molecule has 0 atom stereocenters. The minimum Gasteiger partial charge on any atom is -0.491 e. The first-order valence-electron chi connectivity index (χ1n) is 7.20. The summed E-state index contributed by atoms with van der Waals surface area (Å²) in [4.78, 5) is 25.1. The highest BCUT2D eigenvalue weighted by Crippen LogP contribution is 2.29. The van der Waals surface area contributed by atoms with Crippen LogP contribution >= 0.6 is 11.6 Å². The van der Waals surface area contributed by atoms with Gasteiger partial charge in [-0.25, -0.2) is 0 Å². The molecule has 0 aliphatic heterocycles. The van der Waals surface area contributed by atoms with Gasteiger partial charge in [0.1, 0.15) is 12.4 Å². The number of halogens is 1. The lowest BCUT2D eigenvalue weighted by molar-refractivity contribution is -0.119. The van der Waals surface area contributed by atoms with Crippen LogP contribution in [0, 0.1) is 0 Å². The predicted molar refractivity (Wildman–Crippen MR) is 90.9 cm³/mol. The van der Waals surface area contributed by atoms with Gasteiger partial charge < -0.3 is 26.0 Å². The van der Waals surface area contributed by atoms with Crippen molar-refractivity contribution in [3.63, 3.8) is 0 Å². The molecule has 0 saturated carbocycles. The van der Waals surface area contributed by atoms with Crippen LogP contribution in [0.4, 0.5) is 5.69 Å².